The van der Waals surface area contributed by atoms with Gasteiger partial charge in [-0.1, -0.05) is 13.8 Å². The predicted molar refractivity (Wildman–Crippen MR) is 51.9 cm³/mol. The average Bonchev–Trinajstić information content (AvgIpc) is 1.78. The number of hydrogen-bond donors (Lipinski definition) is 4. The molecule has 0 aliphatic heterocycles. The van der Waals surface area contributed by atoms with Gasteiger partial charge in [0.25, 0.3) is 0 Å². The van der Waals surface area contributed by atoms with E-state index in [0.717, 1.165) is 0 Å². The topological polar surface area (TPSA) is 115 Å². The van der Waals surface area contributed by atoms with Gasteiger partial charge in [-0.25, -0.2) is 0 Å². The molecule has 0 saturated carbocycles. The van der Waals surface area contributed by atoms with Gasteiger partial charge in [-0.15, -0.1) is 0 Å². The lowest BCUT2D eigenvalue weighted by atomic mass is 10.1. The molecule has 0 rings (SSSR count). The van der Waals surface area contributed by atoms with Crippen LogP contribution in [0.15, 0.2) is 0 Å². The van der Waals surface area contributed by atoms with Crippen LogP contribution in [0.4, 0.5) is 0 Å². The molecule has 0 saturated heterocycles. The van der Waals surface area contributed by atoms with Crippen molar-refractivity contribution >= 4 is 15.2 Å². The Morgan fingerprint density at radius 1 is 0.929 bits per heavy atom. The fraction of sp³-hybridized carbons (Fsp3) is 1.00. The Bertz CT molecular complexity index is 241. The van der Waals surface area contributed by atoms with Gasteiger partial charge in [-0.3, -0.25) is 9.13 Å². The van der Waals surface area contributed by atoms with Crippen LogP contribution in [0.25, 0.3) is 0 Å². The van der Waals surface area contributed by atoms with Crippen LogP contribution in [0.1, 0.15) is 26.7 Å². The molecule has 0 unspecified atom stereocenters. The summed E-state index contributed by atoms with van der Waals surface area (Å²) in [6.07, 6.45) is 0.215. The van der Waals surface area contributed by atoms with Crippen molar-refractivity contribution in [2.24, 2.45) is 5.92 Å². The molecule has 8 heteroatoms. The zero-order valence-electron chi connectivity index (χ0n) is 8.07. The molecule has 14 heavy (non-hydrogen) atoms. The average molecular weight is 246 g/mol. The molecule has 86 valence electrons. The summed E-state index contributed by atoms with van der Waals surface area (Å²) in [4.78, 5) is 35.0. The van der Waals surface area contributed by atoms with Gasteiger partial charge in [0.2, 0.25) is 0 Å². The fourth-order valence-corrected chi connectivity index (χ4v) is 3.55. The summed E-state index contributed by atoms with van der Waals surface area (Å²) >= 11 is 0. The Balaban J connectivity index is 4.61. The Hall–Kier alpha value is 0.300. The Labute approximate surface area is 82.7 Å². The molecule has 0 heterocycles. The van der Waals surface area contributed by atoms with Crippen LogP contribution in [-0.4, -0.2) is 25.0 Å². The second-order valence-corrected chi connectivity index (χ2v) is 7.64. The molecule has 0 aromatic carbocycles. The van der Waals surface area contributed by atoms with E-state index in [4.69, 9.17) is 19.6 Å². The van der Waals surface area contributed by atoms with Crippen molar-refractivity contribution < 1.29 is 28.7 Å². The van der Waals surface area contributed by atoms with Crippen molar-refractivity contribution in [2.45, 2.75) is 32.1 Å². The first-order valence-electron chi connectivity index (χ1n) is 4.15. The van der Waals surface area contributed by atoms with Gasteiger partial charge >= 0.3 is 15.2 Å². The van der Waals surface area contributed by atoms with E-state index in [1.165, 1.54) is 0 Å². The maximum absolute atomic E-state index is 10.8. The van der Waals surface area contributed by atoms with E-state index in [2.05, 4.69) is 0 Å². The van der Waals surface area contributed by atoms with Crippen LogP contribution < -0.4 is 0 Å². The van der Waals surface area contributed by atoms with Crippen molar-refractivity contribution in [3.05, 3.63) is 0 Å². The summed E-state index contributed by atoms with van der Waals surface area (Å²) in [7, 11) is -9.43. The summed E-state index contributed by atoms with van der Waals surface area (Å²) in [5.74, 6) is 0.149. The van der Waals surface area contributed by atoms with Crippen molar-refractivity contribution in [1.82, 2.24) is 0 Å². The molecule has 0 amide bonds. The lowest BCUT2D eigenvalue weighted by molar-refractivity contribution is 0.331. The minimum absolute atomic E-state index is 0.149. The first-order valence-corrected chi connectivity index (χ1v) is 7.52. The zero-order valence-corrected chi connectivity index (χ0v) is 9.86. The van der Waals surface area contributed by atoms with E-state index < -0.39 is 20.6 Å². The van der Waals surface area contributed by atoms with Crippen LogP contribution in [0.2, 0.25) is 0 Å². The minimum Gasteiger partial charge on any atom is -0.324 e. The Morgan fingerprint density at radius 2 is 1.29 bits per heavy atom. The molecule has 0 fully saturated rings. The van der Waals surface area contributed by atoms with E-state index in [0.29, 0.717) is 6.42 Å². The molecule has 0 bridgehead atoms. The van der Waals surface area contributed by atoms with Crippen LogP contribution in [-0.2, 0) is 9.13 Å². The van der Waals surface area contributed by atoms with Gasteiger partial charge in [0, 0.05) is 0 Å². The summed E-state index contributed by atoms with van der Waals surface area (Å²) < 4.78 is 21.6. The zero-order chi connectivity index (χ0) is 11.6. The largest absolute Gasteiger partial charge is 0.340 e. The minimum atomic E-state index is -4.72. The molecule has 0 aliphatic rings. The van der Waals surface area contributed by atoms with Crippen LogP contribution in [0.5, 0.6) is 0 Å². The molecular formula is C6H16O6P2. The molecule has 0 aromatic rings. The molecule has 6 nitrogen and oxygen atoms in total. The summed E-state index contributed by atoms with van der Waals surface area (Å²) in [5, 5.41) is -1.85. The smallest absolute Gasteiger partial charge is 0.324 e. The third-order valence-electron chi connectivity index (χ3n) is 1.78. The highest BCUT2D eigenvalue weighted by molar-refractivity contribution is 7.70. The standard InChI is InChI=1S/C6H16O6P2/c1-5(2)3-4-6(13(7,8)9)14(10,11)12/h5-6H,3-4H2,1-2H3,(H2,7,8,9)(H2,10,11,12). The molecule has 0 radical (unpaired) electrons. The van der Waals surface area contributed by atoms with Gasteiger partial charge in [0.1, 0.15) is 0 Å². The van der Waals surface area contributed by atoms with Gasteiger partial charge in [0.05, 0.1) is 0 Å². The third-order valence-corrected chi connectivity index (χ3v) is 5.65. The molecular weight excluding hydrogens is 230 g/mol. The third kappa shape index (κ3) is 5.25. The highest BCUT2D eigenvalue weighted by Crippen LogP contribution is 2.61. The Morgan fingerprint density at radius 3 is 1.50 bits per heavy atom. The lowest BCUT2D eigenvalue weighted by Gasteiger charge is -2.19. The van der Waals surface area contributed by atoms with E-state index in [1.54, 1.807) is 0 Å². The Kier molecular flexibility index (Phi) is 4.99. The number of rotatable bonds is 5. The lowest BCUT2D eigenvalue weighted by Crippen LogP contribution is -2.10. The summed E-state index contributed by atoms with van der Waals surface area (Å²) in [6, 6.07) is 0. The predicted octanol–water partition coefficient (Wildman–Crippen LogP) is 1.10. The van der Waals surface area contributed by atoms with Crippen molar-refractivity contribution in [1.29, 1.82) is 0 Å². The normalized spacial score (nSPS) is 14.0. The van der Waals surface area contributed by atoms with E-state index in [-0.39, 0.29) is 12.3 Å². The maximum Gasteiger partial charge on any atom is 0.340 e. The monoisotopic (exact) mass is 246 g/mol. The molecule has 0 aliphatic carbocycles. The van der Waals surface area contributed by atoms with E-state index in [1.807, 2.05) is 13.8 Å². The second-order valence-electron chi connectivity index (χ2n) is 3.63. The first kappa shape index (κ1) is 14.3. The molecule has 0 atom stereocenters. The highest BCUT2D eigenvalue weighted by Gasteiger charge is 2.42. The highest BCUT2D eigenvalue weighted by atomic mass is 31.2. The van der Waals surface area contributed by atoms with Crippen LogP contribution in [0.3, 0.4) is 0 Å². The fourth-order valence-electron chi connectivity index (χ4n) is 1.01. The van der Waals surface area contributed by atoms with Gasteiger partial charge in [-0.05, 0) is 18.8 Å². The molecule has 4 N–H and O–H groups in total. The van der Waals surface area contributed by atoms with Gasteiger partial charge in [-0.2, -0.15) is 0 Å². The second kappa shape index (κ2) is 4.88. The quantitative estimate of drug-likeness (QED) is 0.540. The van der Waals surface area contributed by atoms with Gasteiger partial charge < -0.3 is 19.6 Å². The maximum atomic E-state index is 10.8. The van der Waals surface area contributed by atoms with Crippen molar-refractivity contribution in [3.63, 3.8) is 0 Å². The van der Waals surface area contributed by atoms with E-state index in [9.17, 15) is 9.13 Å². The molecule has 0 aromatic heterocycles. The number of hydrogen-bond acceptors (Lipinski definition) is 2. The van der Waals surface area contributed by atoms with Crippen molar-refractivity contribution in [2.75, 3.05) is 0 Å². The summed E-state index contributed by atoms with van der Waals surface area (Å²) in [6.45, 7) is 3.63. The van der Waals surface area contributed by atoms with Crippen LogP contribution >= 0.6 is 15.2 Å². The first-order chi connectivity index (χ1) is 6.05. The van der Waals surface area contributed by atoms with Gasteiger partial charge in [0.15, 0.2) is 5.40 Å². The van der Waals surface area contributed by atoms with Crippen molar-refractivity contribution in [3.8, 4) is 0 Å². The summed E-state index contributed by atoms with van der Waals surface area (Å²) in [5.41, 5.74) is 0. The van der Waals surface area contributed by atoms with Crippen LogP contribution in [0, 0.1) is 5.92 Å². The molecule has 0 spiro atoms. The SMILES string of the molecule is CC(C)CCC(P(=O)(O)O)P(=O)(O)O. The van der Waals surface area contributed by atoms with E-state index >= 15 is 0 Å².